The third-order valence-electron chi connectivity index (χ3n) is 2.89. The van der Waals surface area contributed by atoms with Crippen molar-refractivity contribution >= 4 is 52.4 Å². The lowest BCUT2D eigenvalue weighted by molar-refractivity contribution is 0.0973. The fourth-order valence-electron chi connectivity index (χ4n) is 1.72. The Labute approximate surface area is 149 Å². The molecule has 0 unspecified atom stereocenters. The Bertz CT molecular complexity index is 743. The summed E-state index contributed by atoms with van der Waals surface area (Å²) in [7, 11) is 3.55. The SMILES string of the molecule is CN(C)C(=Nc1ccc(Cl)cc1)NC(=O)c1ccc(Cl)cc1Cl. The highest BCUT2D eigenvalue weighted by atomic mass is 35.5. The van der Waals surface area contributed by atoms with Crippen molar-refractivity contribution in [1.29, 1.82) is 0 Å². The number of aliphatic imine (C=N–C) groups is 1. The number of carbonyl (C=O) groups is 1. The number of nitrogens with zero attached hydrogens (tertiary/aromatic N) is 2. The highest BCUT2D eigenvalue weighted by Crippen LogP contribution is 2.21. The second kappa shape index (κ2) is 7.68. The van der Waals surface area contributed by atoms with Gasteiger partial charge in [0.2, 0.25) is 5.96 Å². The number of halogens is 3. The van der Waals surface area contributed by atoms with Gasteiger partial charge in [0, 0.05) is 24.1 Å². The minimum Gasteiger partial charge on any atom is -0.348 e. The van der Waals surface area contributed by atoms with Gasteiger partial charge in [-0.25, -0.2) is 4.99 Å². The Kier molecular flexibility index (Phi) is 5.88. The third kappa shape index (κ3) is 4.86. The van der Waals surface area contributed by atoms with Crippen LogP contribution in [0.25, 0.3) is 0 Å². The molecule has 120 valence electrons. The maximum atomic E-state index is 12.4. The Balaban J connectivity index is 2.25. The monoisotopic (exact) mass is 369 g/mol. The molecule has 0 fully saturated rings. The normalized spacial score (nSPS) is 11.3. The van der Waals surface area contributed by atoms with Gasteiger partial charge in [0.05, 0.1) is 16.3 Å². The molecule has 2 aromatic carbocycles. The van der Waals surface area contributed by atoms with E-state index in [0.29, 0.717) is 27.3 Å². The minimum absolute atomic E-state index is 0.277. The number of nitrogens with one attached hydrogen (secondary N) is 1. The van der Waals surface area contributed by atoms with Crippen LogP contribution in [0.4, 0.5) is 5.69 Å². The van der Waals surface area contributed by atoms with E-state index in [9.17, 15) is 4.79 Å². The van der Waals surface area contributed by atoms with E-state index in [2.05, 4.69) is 10.3 Å². The first-order valence-electron chi connectivity index (χ1n) is 6.65. The van der Waals surface area contributed by atoms with Crippen LogP contribution in [-0.4, -0.2) is 30.9 Å². The van der Waals surface area contributed by atoms with E-state index in [-0.39, 0.29) is 10.9 Å². The molecule has 0 aliphatic rings. The third-order valence-corrected chi connectivity index (χ3v) is 3.69. The van der Waals surface area contributed by atoms with Gasteiger partial charge in [-0.2, -0.15) is 0 Å². The fraction of sp³-hybridized carbons (Fsp3) is 0.125. The standard InChI is InChI=1S/C16H14Cl3N3O/c1-22(2)16(20-12-6-3-10(17)4-7-12)21-15(23)13-8-5-11(18)9-14(13)19/h3-9H,1-2H3,(H,20,21,23). The zero-order chi connectivity index (χ0) is 17.0. The summed E-state index contributed by atoms with van der Waals surface area (Å²) in [6, 6.07) is 11.7. The van der Waals surface area contributed by atoms with E-state index in [4.69, 9.17) is 34.8 Å². The van der Waals surface area contributed by atoms with Crippen LogP contribution in [0.3, 0.4) is 0 Å². The first kappa shape index (κ1) is 17.6. The van der Waals surface area contributed by atoms with E-state index < -0.39 is 0 Å². The maximum Gasteiger partial charge on any atom is 0.259 e. The molecule has 0 radical (unpaired) electrons. The van der Waals surface area contributed by atoms with Gasteiger partial charge in [-0.1, -0.05) is 34.8 Å². The highest BCUT2D eigenvalue weighted by molar-refractivity contribution is 6.37. The van der Waals surface area contributed by atoms with Crippen LogP contribution in [0.1, 0.15) is 10.4 Å². The summed E-state index contributed by atoms with van der Waals surface area (Å²) in [6.45, 7) is 0. The van der Waals surface area contributed by atoms with E-state index in [1.807, 2.05) is 0 Å². The summed E-state index contributed by atoms with van der Waals surface area (Å²) in [5.74, 6) is 0.0106. The molecular formula is C16H14Cl3N3O. The molecule has 2 rings (SSSR count). The second-order valence-corrected chi connectivity index (χ2v) is 6.16. The molecule has 0 bridgehead atoms. The first-order valence-corrected chi connectivity index (χ1v) is 7.78. The van der Waals surface area contributed by atoms with Crippen LogP contribution >= 0.6 is 34.8 Å². The van der Waals surface area contributed by atoms with Crippen molar-refractivity contribution in [3.63, 3.8) is 0 Å². The summed E-state index contributed by atoms with van der Waals surface area (Å²) >= 11 is 17.7. The summed E-state index contributed by atoms with van der Waals surface area (Å²) in [5.41, 5.74) is 0.988. The molecule has 1 amide bonds. The van der Waals surface area contributed by atoms with Crippen LogP contribution in [0.15, 0.2) is 47.5 Å². The molecule has 0 spiro atoms. The lowest BCUT2D eigenvalue weighted by Crippen LogP contribution is -2.40. The number of benzene rings is 2. The molecule has 0 aliphatic heterocycles. The van der Waals surface area contributed by atoms with Crippen molar-refractivity contribution in [2.24, 2.45) is 4.99 Å². The van der Waals surface area contributed by atoms with E-state index in [1.165, 1.54) is 6.07 Å². The minimum atomic E-state index is -0.368. The van der Waals surface area contributed by atoms with Gasteiger partial charge in [0.15, 0.2) is 0 Å². The molecule has 0 aliphatic carbocycles. The van der Waals surface area contributed by atoms with E-state index >= 15 is 0 Å². The maximum absolute atomic E-state index is 12.4. The fourth-order valence-corrected chi connectivity index (χ4v) is 2.34. The summed E-state index contributed by atoms with van der Waals surface area (Å²) in [4.78, 5) is 18.5. The summed E-state index contributed by atoms with van der Waals surface area (Å²) < 4.78 is 0. The Morgan fingerprint density at radius 2 is 1.61 bits per heavy atom. The van der Waals surface area contributed by atoms with Crippen molar-refractivity contribution < 1.29 is 4.79 Å². The first-order chi connectivity index (χ1) is 10.9. The zero-order valence-electron chi connectivity index (χ0n) is 12.5. The lowest BCUT2D eigenvalue weighted by atomic mass is 10.2. The number of hydrogen-bond donors (Lipinski definition) is 1. The quantitative estimate of drug-likeness (QED) is 0.619. The molecule has 2 aromatic rings. The molecule has 7 heteroatoms. The average molecular weight is 371 g/mol. The molecule has 1 N–H and O–H groups in total. The van der Waals surface area contributed by atoms with Crippen molar-refractivity contribution in [2.75, 3.05) is 14.1 Å². The van der Waals surface area contributed by atoms with Gasteiger partial charge >= 0.3 is 0 Å². The van der Waals surface area contributed by atoms with Crippen LogP contribution in [0.5, 0.6) is 0 Å². The number of hydrogen-bond acceptors (Lipinski definition) is 2. The largest absolute Gasteiger partial charge is 0.348 e. The predicted molar refractivity (Wildman–Crippen MR) is 96.2 cm³/mol. The molecule has 23 heavy (non-hydrogen) atoms. The molecule has 0 saturated carbocycles. The zero-order valence-corrected chi connectivity index (χ0v) is 14.7. The Morgan fingerprint density at radius 1 is 1.00 bits per heavy atom. The van der Waals surface area contributed by atoms with E-state index in [0.717, 1.165) is 0 Å². The average Bonchev–Trinajstić information content (AvgIpc) is 2.48. The number of rotatable bonds is 2. The second-order valence-electron chi connectivity index (χ2n) is 4.88. The molecule has 0 aromatic heterocycles. The molecule has 0 heterocycles. The van der Waals surface area contributed by atoms with Gasteiger partial charge in [-0.3, -0.25) is 10.1 Å². The van der Waals surface area contributed by atoms with Gasteiger partial charge in [-0.05, 0) is 42.5 Å². The van der Waals surface area contributed by atoms with Crippen molar-refractivity contribution in [3.8, 4) is 0 Å². The Morgan fingerprint density at radius 3 is 2.17 bits per heavy atom. The Hall–Kier alpha value is -1.75. The van der Waals surface area contributed by atoms with Crippen LogP contribution in [0.2, 0.25) is 15.1 Å². The van der Waals surface area contributed by atoms with E-state index in [1.54, 1.807) is 55.4 Å². The van der Waals surface area contributed by atoms with Crippen LogP contribution in [0, 0.1) is 0 Å². The highest BCUT2D eigenvalue weighted by Gasteiger charge is 2.14. The van der Waals surface area contributed by atoms with Gasteiger partial charge in [-0.15, -0.1) is 0 Å². The molecule has 0 atom stereocenters. The molecule has 0 saturated heterocycles. The number of guanidine groups is 1. The predicted octanol–water partition coefficient (Wildman–Crippen LogP) is 4.63. The number of carbonyl (C=O) groups excluding carboxylic acids is 1. The smallest absolute Gasteiger partial charge is 0.259 e. The van der Waals surface area contributed by atoms with Gasteiger partial charge < -0.3 is 4.90 Å². The lowest BCUT2D eigenvalue weighted by Gasteiger charge is -2.17. The summed E-state index contributed by atoms with van der Waals surface area (Å²) in [5, 5.41) is 4.09. The van der Waals surface area contributed by atoms with Gasteiger partial charge in [0.25, 0.3) is 5.91 Å². The molecular weight excluding hydrogens is 357 g/mol. The van der Waals surface area contributed by atoms with Crippen molar-refractivity contribution in [3.05, 3.63) is 63.1 Å². The number of amides is 1. The molecule has 4 nitrogen and oxygen atoms in total. The summed E-state index contributed by atoms with van der Waals surface area (Å²) in [6.07, 6.45) is 0. The van der Waals surface area contributed by atoms with Crippen LogP contribution in [-0.2, 0) is 0 Å². The topological polar surface area (TPSA) is 44.7 Å². The van der Waals surface area contributed by atoms with Crippen molar-refractivity contribution in [1.82, 2.24) is 10.2 Å². The van der Waals surface area contributed by atoms with Crippen LogP contribution < -0.4 is 5.32 Å². The van der Waals surface area contributed by atoms with Gasteiger partial charge in [0.1, 0.15) is 0 Å². The van der Waals surface area contributed by atoms with Crippen molar-refractivity contribution in [2.45, 2.75) is 0 Å².